The summed E-state index contributed by atoms with van der Waals surface area (Å²) in [6.45, 7) is 5.24. The van der Waals surface area contributed by atoms with Crippen LogP contribution in [-0.4, -0.2) is 53.1 Å². The van der Waals surface area contributed by atoms with Gasteiger partial charge in [-0.25, -0.2) is 9.87 Å². The third kappa shape index (κ3) is 2.76. The Morgan fingerprint density at radius 3 is 2.72 bits per heavy atom. The van der Waals surface area contributed by atoms with Crippen LogP contribution in [0.15, 0.2) is 12.1 Å². The lowest BCUT2D eigenvalue weighted by Gasteiger charge is -2.62. The van der Waals surface area contributed by atoms with E-state index in [-0.39, 0.29) is 11.4 Å². The first-order valence-corrected chi connectivity index (χ1v) is 9.15. The molecule has 2 fully saturated rings. The summed E-state index contributed by atoms with van der Waals surface area (Å²) >= 11 is 0. The smallest absolute Gasteiger partial charge is 0.274 e. The lowest BCUT2D eigenvalue weighted by Crippen LogP contribution is -2.66. The number of nitrogens with one attached hydrogen (secondary N) is 1. The van der Waals surface area contributed by atoms with Crippen LogP contribution < -0.4 is 5.48 Å². The van der Waals surface area contributed by atoms with Crippen molar-refractivity contribution < 1.29 is 14.4 Å². The first-order valence-electron chi connectivity index (χ1n) is 9.15. The fourth-order valence-corrected chi connectivity index (χ4v) is 5.28. The molecule has 1 unspecified atom stereocenters. The molecule has 25 heavy (non-hydrogen) atoms. The van der Waals surface area contributed by atoms with Crippen molar-refractivity contribution in [2.75, 3.05) is 20.1 Å². The van der Waals surface area contributed by atoms with Gasteiger partial charge in [-0.3, -0.25) is 14.9 Å². The number of fused-ring (bicyclic) bond motifs is 1. The van der Waals surface area contributed by atoms with Crippen LogP contribution in [0.3, 0.4) is 0 Å². The van der Waals surface area contributed by atoms with Crippen molar-refractivity contribution in [1.82, 2.24) is 15.3 Å². The minimum Gasteiger partial charge on any atom is -0.305 e. The number of nitrogens with zero attached hydrogens (tertiary/aromatic N) is 2. The largest absolute Gasteiger partial charge is 0.305 e. The second kappa shape index (κ2) is 6.04. The van der Waals surface area contributed by atoms with Gasteiger partial charge in [-0.15, -0.1) is 0 Å². The maximum absolute atomic E-state index is 14.5. The average Bonchev–Trinajstić information content (AvgIpc) is 2.54. The lowest BCUT2D eigenvalue weighted by atomic mass is 9.60. The third-order valence-electron chi connectivity index (χ3n) is 6.40. The van der Waals surface area contributed by atoms with E-state index in [4.69, 9.17) is 5.21 Å². The highest BCUT2D eigenvalue weighted by atomic mass is 19.1. The van der Waals surface area contributed by atoms with E-state index in [1.807, 2.05) is 0 Å². The quantitative estimate of drug-likeness (QED) is 0.650. The molecule has 4 rings (SSSR count). The van der Waals surface area contributed by atoms with Crippen molar-refractivity contribution in [2.24, 2.45) is 5.41 Å². The summed E-state index contributed by atoms with van der Waals surface area (Å²) < 4.78 is 14.5. The minimum absolute atomic E-state index is 0.180. The Balaban J connectivity index is 1.56. The molecule has 1 saturated carbocycles. The Hall–Kier alpha value is -1.50. The molecule has 1 saturated heterocycles. The molecule has 5 nitrogen and oxygen atoms in total. The Morgan fingerprint density at radius 2 is 2.12 bits per heavy atom. The van der Waals surface area contributed by atoms with E-state index >= 15 is 0 Å². The summed E-state index contributed by atoms with van der Waals surface area (Å²) in [5, 5.41) is 8.83. The molecule has 1 amide bonds. The van der Waals surface area contributed by atoms with Gasteiger partial charge in [0.2, 0.25) is 0 Å². The molecule has 1 aromatic rings. The molecule has 0 radical (unpaired) electrons. The highest BCUT2D eigenvalue weighted by Crippen LogP contribution is 2.51. The van der Waals surface area contributed by atoms with E-state index in [0.29, 0.717) is 30.5 Å². The predicted octanol–water partition coefficient (Wildman–Crippen LogP) is 2.18. The van der Waals surface area contributed by atoms with Crippen molar-refractivity contribution in [1.29, 1.82) is 0 Å². The molecule has 1 atom stereocenters. The van der Waals surface area contributed by atoms with E-state index in [9.17, 15) is 9.18 Å². The normalized spacial score (nSPS) is 26.0. The van der Waals surface area contributed by atoms with Crippen molar-refractivity contribution in [3.8, 4) is 0 Å². The van der Waals surface area contributed by atoms with Crippen molar-refractivity contribution in [3.05, 3.63) is 34.6 Å². The number of halogens is 1. The summed E-state index contributed by atoms with van der Waals surface area (Å²) in [4.78, 5) is 16.6. The van der Waals surface area contributed by atoms with Gasteiger partial charge in [0.25, 0.3) is 5.91 Å². The van der Waals surface area contributed by atoms with Crippen LogP contribution in [-0.2, 0) is 13.0 Å². The zero-order valence-corrected chi connectivity index (χ0v) is 14.9. The molecule has 0 aromatic heterocycles. The SMILES string of the molecule is CCC1Cc2c(F)cc(C(=O)NO)cc2CN1C1CC2(C1)CN(C)C2. The number of benzene rings is 1. The zero-order valence-electron chi connectivity index (χ0n) is 14.9. The first-order chi connectivity index (χ1) is 11.9. The van der Waals surface area contributed by atoms with Crippen LogP contribution in [0.2, 0.25) is 0 Å². The molecule has 1 aromatic carbocycles. The van der Waals surface area contributed by atoms with Crippen molar-refractivity contribution in [3.63, 3.8) is 0 Å². The first kappa shape index (κ1) is 16.9. The molecule has 2 heterocycles. The number of hydrogen-bond acceptors (Lipinski definition) is 4. The van der Waals surface area contributed by atoms with Crippen LogP contribution >= 0.6 is 0 Å². The van der Waals surface area contributed by atoms with Crippen LogP contribution in [0.4, 0.5) is 4.39 Å². The van der Waals surface area contributed by atoms with Gasteiger partial charge in [-0.2, -0.15) is 0 Å². The Morgan fingerprint density at radius 1 is 1.40 bits per heavy atom. The maximum atomic E-state index is 14.5. The molecular formula is C19H26FN3O2. The van der Waals surface area contributed by atoms with Gasteiger partial charge in [0, 0.05) is 37.3 Å². The molecule has 2 N–H and O–H groups in total. The number of amides is 1. The van der Waals surface area contributed by atoms with Gasteiger partial charge < -0.3 is 4.90 Å². The van der Waals surface area contributed by atoms with E-state index in [1.165, 1.54) is 32.0 Å². The number of rotatable bonds is 3. The minimum atomic E-state index is -0.661. The zero-order chi connectivity index (χ0) is 17.8. The fourth-order valence-electron chi connectivity index (χ4n) is 5.28. The number of likely N-dealkylation sites (tertiary alicyclic amines) is 1. The Labute approximate surface area is 147 Å². The van der Waals surface area contributed by atoms with Gasteiger partial charge in [0.15, 0.2) is 0 Å². The van der Waals surface area contributed by atoms with E-state index in [0.717, 1.165) is 17.5 Å². The van der Waals surface area contributed by atoms with Crippen LogP contribution in [0, 0.1) is 11.2 Å². The lowest BCUT2D eigenvalue weighted by molar-refractivity contribution is -0.112. The number of carbonyl (C=O) groups is 1. The second-order valence-corrected chi connectivity index (χ2v) is 8.21. The summed E-state index contributed by atoms with van der Waals surface area (Å²) in [6.07, 6.45) is 4.15. The average molecular weight is 347 g/mol. The highest BCUT2D eigenvalue weighted by Gasteiger charge is 2.53. The topological polar surface area (TPSA) is 55.8 Å². The second-order valence-electron chi connectivity index (χ2n) is 8.21. The summed E-state index contributed by atoms with van der Waals surface area (Å²) in [7, 11) is 2.17. The van der Waals surface area contributed by atoms with Crippen LogP contribution in [0.25, 0.3) is 0 Å². The Kier molecular flexibility index (Phi) is 4.09. The van der Waals surface area contributed by atoms with E-state index < -0.39 is 5.91 Å². The predicted molar refractivity (Wildman–Crippen MR) is 91.9 cm³/mol. The maximum Gasteiger partial charge on any atom is 0.274 e. The molecule has 2 aliphatic heterocycles. The molecule has 0 bridgehead atoms. The highest BCUT2D eigenvalue weighted by molar-refractivity contribution is 5.93. The standard InChI is InChI=1S/C19H26FN3O2/c1-3-14-6-16-13(4-12(5-17(16)20)18(24)21-25)9-23(14)15-7-19(8-15)10-22(2)11-19/h4-5,14-15,25H,3,6-11H2,1-2H3,(H,21,24). The Bertz CT molecular complexity index is 694. The number of carbonyl (C=O) groups excluding carboxylic acids is 1. The van der Waals surface area contributed by atoms with Crippen molar-refractivity contribution in [2.45, 2.75) is 51.2 Å². The molecule has 6 heteroatoms. The van der Waals surface area contributed by atoms with E-state index in [1.54, 1.807) is 11.5 Å². The van der Waals surface area contributed by atoms with Gasteiger partial charge in [-0.1, -0.05) is 6.92 Å². The fraction of sp³-hybridized carbons (Fsp3) is 0.632. The van der Waals surface area contributed by atoms with Gasteiger partial charge in [-0.05, 0) is 61.4 Å². The molecular weight excluding hydrogens is 321 g/mol. The van der Waals surface area contributed by atoms with Gasteiger partial charge in [0.1, 0.15) is 5.82 Å². The monoisotopic (exact) mass is 347 g/mol. The number of hydroxylamine groups is 1. The molecule has 3 aliphatic rings. The number of hydrogen-bond donors (Lipinski definition) is 2. The summed E-state index contributed by atoms with van der Waals surface area (Å²) in [5.74, 6) is -0.995. The molecule has 1 spiro atoms. The summed E-state index contributed by atoms with van der Waals surface area (Å²) in [6, 6.07) is 3.88. The molecule has 1 aliphatic carbocycles. The third-order valence-corrected chi connectivity index (χ3v) is 6.40. The summed E-state index contributed by atoms with van der Waals surface area (Å²) in [5.41, 5.74) is 3.91. The van der Waals surface area contributed by atoms with Gasteiger partial charge in [0.05, 0.1) is 0 Å². The van der Waals surface area contributed by atoms with E-state index in [2.05, 4.69) is 23.8 Å². The van der Waals surface area contributed by atoms with Crippen molar-refractivity contribution >= 4 is 5.91 Å². The van der Waals surface area contributed by atoms with Gasteiger partial charge >= 0.3 is 0 Å². The van der Waals surface area contributed by atoms with Crippen LogP contribution in [0.1, 0.15) is 47.7 Å². The molecule has 136 valence electrons. The van der Waals surface area contributed by atoms with Crippen LogP contribution in [0.5, 0.6) is 0 Å².